The molecule has 6 heteroatoms. The Hall–Kier alpha value is -3.41. The maximum absolute atomic E-state index is 12.3. The summed E-state index contributed by atoms with van der Waals surface area (Å²) in [5.74, 6) is -0.718. The van der Waals surface area contributed by atoms with Gasteiger partial charge in [0.25, 0.3) is 5.91 Å². The fourth-order valence-corrected chi connectivity index (χ4v) is 2.24. The second kappa shape index (κ2) is 9.91. The van der Waals surface area contributed by atoms with Gasteiger partial charge in [-0.05, 0) is 48.4 Å². The van der Waals surface area contributed by atoms with Crippen LogP contribution in [0.3, 0.4) is 0 Å². The molecule has 0 saturated heterocycles. The van der Waals surface area contributed by atoms with E-state index in [2.05, 4.69) is 10.6 Å². The molecule has 2 aromatic carbocycles. The van der Waals surface area contributed by atoms with Gasteiger partial charge in [-0.2, -0.15) is 0 Å². The van der Waals surface area contributed by atoms with E-state index < -0.39 is 5.97 Å². The molecule has 27 heavy (non-hydrogen) atoms. The molecule has 0 aliphatic heterocycles. The molecule has 6 nitrogen and oxygen atoms in total. The summed E-state index contributed by atoms with van der Waals surface area (Å²) in [4.78, 5) is 34.5. The molecule has 2 N–H and O–H groups in total. The minimum absolute atomic E-state index is 0.0997. The number of carbonyl (C=O) groups is 3. The first-order valence-electron chi connectivity index (χ1n) is 8.57. The average Bonchev–Trinajstić information content (AvgIpc) is 2.66. The second-order valence-corrected chi connectivity index (χ2v) is 5.77. The molecule has 0 spiro atoms. The van der Waals surface area contributed by atoms with Crippen molar-refractivity contribution >= 4 is 29.5 Å². The lowest BCUT2D eigenvalue weighted by Gasteiger charge is -2.07. The molecule has 0 aliphatic carbocycles. The quantitative estimate of drug-likeness (QED) is 0.582. The summed E-state index contributed by atoms with van der Waals surface area (Å²) in [5, 5.41) is 5.52. The predicted octanol–water partition coefficient (Wildman–Crippen LogP) is 3.15. The molecular weight excluding hydrogens is 344 g/mol. The van der Waals surface area contributed by atoms with Crippen LogP contribution < -0.4 is 10.6 Å². The molecule has 0 aromatic heterocycles. The molecule has 0 fully saturated rings. The molecular formula is C21H22N2O4. The van der Waals surface area contributed by atoms with Crippen molar-refractivity contribution in [2.45, 2.75) is 20.4 Å². The normalized spacial score (nSPS) is 10.4. The van der Waals surface area contributed by atoms with Gasteiger partial charge in [0.1, 0.15) is 0 Å². The Kier molecular flexibility index (Phi) is 7.31. The summed E-state index contributed by atoms with van der Waals surface area (Å²) in [6, 6.07) is 14.1. The van der Waals surface area contributed by atoms with Crippen molar-refractivity contribution in [1.82, 2.24) is 5.32 Å². The minimum Gasteiger partial charge on any atom is -0.463 e. The number of hydrogen-bond acceptors (Lipinski definition) is 4. The van der Waals surface area contributed by atoms with Crippen LogP contribution in [0.4, 0.5) is 5.69 Å². The maximum atomic E-state index is 12.3. The summed E-state index contributed by atoms with van der Waals surface area (Å²) in [6.45, 7) is 3.97. The fraction of sp³-hybridized carbons (Fsp3) is 0.190. The van der Waals surface area contributed by atoms with Gasteiger partial charge in [0, 0.05) is 30.8 Å². The Bertz CT molecular complexity index is 824. The van der Waals surface area contributed by atoms with Crippen molar-refractivity contribution in [2.24, 2.45) is 0 Å². The highest BCUT2D eigenvalue weighted by molar-refractivity contribution is 6.04. The first-order valence-corrected chi connectivity index (χ1v) is 8.57. The number of anilines is 1. The van der Waals surface area contributed by atoms with Gasteiger partial charge in [-0.1, -0.05) is 24.3 Å². The van der Waals surface area contributed by atoms with E-state index >= 15 is 0 Å². The Labute approximate surface area is 158 Å². The molecule has 140 valence electrons. The summed E-state index contributed by atoms with van der Waals surface area (Å²) in [6.07, 6.45) is 3.01. The summed E-state index contributed by atoms with van der Waals surface area (Å²) in [5.41, 5.74) is 2.91. The van der Waals surface area contributed by atoms with Gasteiger partial charge in [-0.3, -0.25) is 9.59 Å². The minimum atomic E-state index is -0.392. The number of benzene rings is 2. The van der Waals surface area contributed by atoms with E-state index in [1.807, 2.05) is 0 Å². The highest BCUT2D eigenvalue weighted by Gasteiger charge is 2.06. The second-order valence-electron chi connectivity index (χ2n) is 5.77. The van der Waals surface area contributed by atoms with Crippen LogP contribution in [0.5, 0.6) is 0 Å². The van der Waals surface area contributed by atoms with Crippen LogP contribution in [-0.2, 0) is 20.9 Å². The lowest BCUT2D eigenvalue weighted by molar-refractivity contribution is -0.137. The van der Waals surface area contributed by atoms with E-state index in [1.165, 1.54) is 13.0 Å². The van der Waals surface area contributed by atoms with Gasteiger partial charge < -0.3 is 15.4 Å². The Balaban J connectivity index is 1.93. The highest BCUT2D eigenvalue weighted by Crippen LogP contribution is 2.13. The largest absolute Gasteiger partial charge is 0.463 e. The molecule has 2 aromatic rings. The Morgan fingerprint density at radius 3 is 2.26 bits per heavy atom. The SMILES string of the molecule is CCOC(=O)/C=C/c1ccc(NC(=O)c2ccc(CNC(C)=O)cc2)cc1. The topological polar surface area (TPSA) is 84.5 Å². The zero-order valence-electron chi connectivity index (χ0n) is 15.3. The maximum Gasteiger partial charge on any atom is 0.330 e. The van der Waals surface area contributed by atoms with Crippen molar-refractivity contribution < 1.29 is 19.1 Å². The van der Waals surface area contributed by atoms with Crippen molar-refractivity contribution in [2.75, 3.05) is 11.9 Å². The van der Waals surface area contributed by atoms with Gasteiger partial charge in [-0.15, -0.1) is 0 Å². The number of amides is 2. The molecule has 2 rings (SSSR count). The number of nitrogens with one attached hydrogen (secondary N) is 2. The average molecular weight is 366 g/mol. The lowest BCUT2D eigenvalue weighted by Crippen LogP contribution is -2.19. The van der Waals surface area contributed by atoms with Gasteiger partial charge in [0.2, 0.25) is 5.91 Å². The predicted molar refractivity (Wildman–Crippen MR) is 104 cm³/mol. The van der Waals surface area contributed by atoms with Crippen LogP contribution in [0, 0.1) is 0 Å². The Morgan fingerprint density at radius 2 is 1.67 bits per heavy atom. The molecule has 2 amide bonds. The van der Waals surface area contributed by atoms with Crippen LogP contribution in [0.15, 0.2) is 54.6 Å². The molecule has 0 heterocycles. The van der Waals surface area contributed by atoms with Crippen LogP contribution in [0.25, 0.3) is 6.08 Å². The zero-order valence-corrected chi connectivity index (χ0v) is 15.3. The molecule has 0 atom stereocenters. The van der Waals surface area contributed by atoms with Crippen LogP contribution >= 0.6 is 0 Å². The summed E-state index contributed by atoms with van der Waals surface area (Å²) < 4.78 is 4.82. The van der Waals surface area contributed by atoms with Crippen molar-refractivity contribution in [3.8, 4) is 0 Å². The van der Waals surface area contributed by atoms with Crippen LogP contribution in [0.2, 0.25) is 0 Å². The number of hydrogen-bond donors (Lipinski definition) is 2. The monoisotopic (exact) mass is 366 g/mol. The number of ether oxygens (including phenoxy) is 1. The summed E-state index contributed by atoms with van der Waals surface area (Å²) in [7, 11) is 0. The standard InChI is InChI=1S/C21H22N2O4/c1-3-27-20(25)13-8-16-6-11-19(12-7-16)23-21(26)18-9-4-17(5-10-18)14-22-15(2)24/h4-13H,3,14H2,1-2H3,(H,22,24)(H,23,26)/b13-8+. The van der Waals surface area contributed by atoms with Gasteiger partial charge in [-0.25, -0.2) is 4.79 Å². The van der Waals surface area contributed by atoms with Crippen LogP contribution in [-0.4, -0.2) is 24.4 Å². The van der Waals surface area contributed by atoms with Crippen molar-refractivity contribution in [3.05, 3.63) is 71.3 Å². The lowest BCUT2D eigenvalue weighted by atomic mass is 10.1. The first kappa shape index (κ1) is 19.9. The molecule has 0 radical (unpaired) electrons. The third-order valence-corrected chi connectivity index (χ3v) is 3.62. The van der Waals surface area contributed by atoms with Crippen molar-refractivity contribution in [3.63, 3.8) is 0 Å². The van der Waals surface area contributed by atoms with Crippen LogP contribution in [0.1, 0.15) is 35.3 Å². The number of carbonyl (C=O) groups excluding carboxylic acids is 3. The van der Waals surface area contributed by atoms with E-state index in [0.717, 1.165) is 11.1 Å². The number of esters is 1. The van der Waals surface area contributed by atoms with E-state index in [-0.39, 0.29) is 11.8 Å². The van der Waals surface area contributed by atoms with E-state index in [4.69, 9.17) is 4.74 Å². The van der Waals surface area contributed by atoms with Gasteiger partial charge >= 0.3 is 5.97 Å². The molecule has 0 aliphatic rings. The van der Waals surface area contributed by atoms with Crippen molar-refractivity contribution in [1.29, 1.82) is 0 Å². The number of rotatable bonds is 7. The first-order chi connectivity index (χ1) is 13.0. The molecule has 0 bridgehead atoms. The van der Waals surface area contributed by atoms with Gasteiger partial charge in [0.15, 0.2) is 0 Å². The third-order valence-electron chi connectivity index (χ3n) is 3.62. The Morgan fingerprint density at radius 1 is 1.00 bits per heavy atom. The smallest absolute Gasteiger partial charge is 0.330 e. The fourth-order valence-electron chi connectivity index (χ4n) is 2.24. The zero-order chi connectivity index (χ0) is 19.6. The van der Waals surface area contributed by atoms with E-state index in [1.54, 1.807) is 61.5 Å². The molecule has 0 unspecified atom stereocenters. The van der Waals surface area contributed by atoms with E-state index in [9.17, 15) is 14.4 Å². The van der Waals surface area contributed by atoms with E-state index in [0.29, 0.717) is 24.4 Å². The summed E-state index contributed by atoms with van der Waals surface area (Å²) >= 11 is 0. The molecule has 0 saturated carbocycles. The van der Waals surface area contributed by atoms with Gasteiger partial charge in [0.05, 0.1) is 6.61 Å². The highest BCUT2D eigenvalue weighted by atomic mass is 16.5. The third kappa shape index (κ3) is 6.78.